The summed E-state index contributed by atoms with van der Waals surface area (Å²) in [7, 11) is 0. The smallest absolute Gasteiger partial charge is 0.158 e. The van der Waals surface area contributed by atoms with E-state index >= 15 is 0 Å². The van der Waals surface area contributed by atoms with Gasteiger partial charge in [-0.25, -0.2) is 4.39 Å². The summed E-state index contributed by atoms with van der Waals surface area (Å²) in [5.74, 6) is 0.354. The molecule has 0 aliphatic carbocycles. The lowest BCUT2D eigenvalue weighted by Gasteiger charge is -2.25. The fourth-order valence-electron chi connectivity index (χ4n) is 2.35. The van der Waals surface area contributed by atoms with Crippen molar-refractivity contribution in [3.63, 3.8) is 0 Å². The van der Waals surface area contributed by atoms with Crippen LogP contribution in [0, 0.1) is 5.82 Å². The van der Waals surface area contributed by atoms with Gasteiger partial charge in [0, 0.05) is 10.9 Å². The Bertz CT molecular complexity index is 790. The van der Waals surface area contributed by atoms with Crippen LogP contribution in [0.4, 0.5) is 10.1 Å². The maximum absolute atomic E-state index is 13.2. The van der Waals surface area contributed by atoms with E-state index in [1.54, 1.807) is 12.1 Å². The average molecular weight is 299 g/mol. The van der Waals surface area contributed by atoms with E-state index < -0.39 is 5.54 Å². The molecule has 0 aliphatic rings. The van der Waals surface area contributed by atoms with E-state index in [9.17, 15) is 9.50 Å². The first kappa shape index (κ1) is 14.6. The van der Waals surface area contributed by atoms with Crippen LogP contribution in [0.3, 0.4) is 0 Å². The molecule has 0 radical (unpaired) electrons. The number of aliphatic hydroxyl groups excluding tert-OH is 1. The Morgan fingerprint density at radius 3 is 2.45 bits per heavy atom. The number of nitrogens with one attached hydrogen (secondary N) is 1. The minimum Gasteiger partial charge on any atom is -0.454 e. The van der Waals surface area contributed by atoms with Crippen molar-refractivity contribution in [3.05, 3.63) is 54.3 Å². The standard InChI is InChI=1S/C18H18FNO2/c1-18(2,11-21)20-16-14-5-3-4-6-15(14)22-17(16)12-7-9-13(19)10-8-12/h3-10,20-21H,11H2,1-2H3. The van der Waals surface area contributed by atoms with E-state index in [1.807, 2.05) is 38.1 Å². The third kappa shape index (κ3) is 2.70. The summed E-state index contributed by atoms with van der Waals surface area (Å²) >= 11 is 0. The van der Waals surface area contributed by atoms with E-state index in [1.165, 1.54) is 12.1 Å². The van der Waals surface area contributed by atoms with Crippen LogP contribution in [-0.2, 0) is 0 Å². The Balaban J connectivity index is 2.18. The average Bonchev–Trinajstić information content (AvgIpc) is 2.86. The third-order valence-corrected chi connectivity index (χ3v) is 3.56. The van der Waals surface area contributed by atoms with E-state index in [0.717, 1.165) is 22.2 Å². The second-order valence-electron chi connectivity index (χ2n) is 5.98. The summed E-state index contributed by atoms with van der Waals surface area (Å²) in [6.07, 6.45) is 0. The Kier molecular flexibility index (Phi) is 3.62. The van der Waals surface area contributed by atoms with Crippen molar-refractivity contribution in [2.24, 2.45) is 0 Å². The Labute approximate surface area is 128 Å². The fourth-order valence-corrected chi connectivity index (χ4v) is 2.35. The molecule has 0 bridgehead atoms. The SMILES string of the molecule is CC(C)(CO)Nc1c(-c2ccc(F)cc2)oc2ccccc12. The molecule has 3 rings (SSSR count). The number of fused-ring (bicyclic) bond motifs is 1. The highest BCUT2D eigenvalue weighted by atomic mass is 19.1. The Morgan fingerprint density at radius 2 is 1.77 bits per heavy atom. The molecule has 114 valence electrons. The zero-order chi connectivity index (χ0) is 15.7. The molecule has 1 aromatic heterocycles. The molecule has 0 saturated heterocycles. The summed E-state index contributed by atoms with van der Waals surface area (Å²) < 4.78 is 19.1. The molecular weight excluding hydrogens is 281 g/mol. The van der Waals surface area contributed by atoms with Crippen molar-refractivity contribution >= 4 is 16.7 Å². The van der Waals surface area contributed by atoms with Gasteiger partial charge in [-0.2, -0.15) is 0 Å². The maximum atomic E-state index is 13.2. The molecule has 3 aromatic rings. The van der Waals surface area contributed by atoms with E-state index in [-0.39, 0.29) is 12.4 Å². The van der Waals surface area contributed by atoms with Gasteiger partial charge in [0.2, 0.25) is 0 Å². The molecule has 0 amide bonds. The van der Waals surface area contributed by atoms with Gasteiger partial charge in [0.15, 0.2) is 5.76 Å². The Hall–Kier alpha value is -2.33. The van der Waals surface area contributed by atoms with Crippen molar-refractivity contribution in [3.8, 4) is 11.3 Å². The van der Waals surface area contributed by atoms with Gasteiger partial charge < -0.3 is 14.8 Å². The summed E-state index contributed by atoms with van der Waals surface area (Å²) in [6.45, 7) is 3.79. The second kappa shape index (κ2) is 5.46. The molecule has 2 N–H and O–H groups in total. The second-order valence-corrected chi connectivity index (χ2v) is 5.98. The Morgan fingerprint density at radius 1 is 1.09 bits per heavy atom. The molecular formula is C18H18FNO2. The van der Waals surface area contributed by atoms with Gasteiger partial charge >= 0.3 is 0 Å². The van der Waals surface area contributed by atoms with Gasteiger partial charge in [0.1, 0.15) is 11.4 Å². The van der Waals surface area contributed by atoms with E-state index in [4.69, 9.17) is 4.42 Å². The zero-order valence-electron chi connectivity index (χ0n) is 12.6. The predicted octanol–water partition coefficient (Wildman–Crippen LogP) is 4.42. The molecule has 2 aromatic carbocycles. The molecule has 0 spiro atoms. The third-order valence-electron chi connectivity index (χ3n) is 3.56. The largest absolute Gasteiger partial charge is 0.454 e. The van der Waals surface area contributed by atoms with Gasteiger partial charge in [-0.05, 0) is 50.2 Å². The van der Waals surface area contributed by atoms with E-state index in [0.29, 0.717) is 5.76 Å². The molecule has 0 aliphatic heterocycles. The lowest BCUT2D eigenvalue weighted by Crippen LogP contribution is -2.34. The highest BCUT2D eigenvalue weighted by Gasteiger charge is 2.22. The molecule has 0 fully saturated rings. The summed E-state index contributed by atoms with van der Waals surface area (Å²) in [5, 5.41) is 13.8. The van der Waals surface area contributed by atoms with Crippen LogP contribution >= 0.6 is 0 Å². The highest BCUT2D eigenvalue weighted by Crippen LogP contribution is 2.39. The molecule has 3 nitrogen and oxygen atoms in total. The number of rotatable bonds is 4. The number of halogens is 1. The maximum Gasteiger partial charge on any atom is 0.158 e. The number of furan rings is 1. The first-order valence-corrected chi connectivity index (χ1v) is 7.17. The van der Waals surface area contributed by atoms with Crippen LogP contribution < -0.4 is 5.32 Å². The van der Waals surface area contributed by atoms with Crippen molar-refractivity contribution in [2.45, 2.75) is 19.4 Å². The van der Waals surface area contributed by atoms with Gasteiger partial charge in [-0.15, -0.1) is 0 Å². The van der Waals surface area contributed by atoms with Crippen LogP contribution in [0.2, 0.25) is 0 Å². The zero-order valence-corrected chi connectivity index (χ0v) is 12.6. The van der Waals surface area contributed by atoms with Gasteiger partial charge in [0.05, 0.1) is 17.8 Å². The minimum absolute atomic E-state index is 0.0185. The molecule has 22 heavy (non-hydrogen) atoms. The number of hydrogen-bond acceptors (Lipinski definition) is 3. The molecule has 0 saturated carbocycles. The highest BCUT2D eigenvalue weighted by molar-refractivity contribution is 5.99. The van der Waals surface area contributed by atoms with Crippen molar-refractivity contribution < 1.29 is 13.9 Å². The number of anilines is 1. The van der Waals surface area contributed by atoms with Crippen molar-refractivity contribution in [2.75, 3.05) is 11.9 Å². The predicted molar refractivity (Wildman–Crippen MR) is 86.4 cm³/mol. The normalized spacial score (nSPS) is 11.8. The summed E-state index contributed by atoms with van der Waals surface area (Å²) in [6, 6.07) is 13.9. The molecule has 0 atom stereocenters. The molecule has 1 heterocycles. The minimum atomic E-state index is -0.499. The van der Waals surface area contributed by atoms with Crippen molar-refractivity contribution in [1.82, 2.24) is 0 Å². The first-order chi connectivity index (χ1) is 10.5. The molecule has 0 unspecified atom stereocenters. The quantitative estimate of drug-likeness (QED) is 0.749. The van der Waals surface area contributed by atoms with Crippen molar-refractivity contribution in [1.29, 1.82) is 0 Å². The van der Waals surface area contributed by atoms with Crippen LogP contribution in [0.15, 0.2) is 52.9 Å². The monoisotopic (exact) mass is 299 g/mol. The topological polar surface area (TPSA) is 45.4 Å². The summed E-state index contributed by atoms with van der Waals surface area (Å²) in [5.41, 5.74) is 1.84. The van der Waals surface area contributed by atoms with Crippen LogP contribution in [0.5, 0.6) is 0 Å². The van der Waals surface area contributed by atoms with Crippen LogP contribution in [-0.4, -0.2) is 17.3 Å². The fraction of sp³-hybridized carbons (Fsp3) is 0.222. The lowest BCUT2D eigenvalue weighted by molar-refractivity contribution is 0.234. The van der Waals surface area contributed by atoms with Gasteiger partial charge in [0.25, 0.3) is 0 Å². The number of para-hydroxylation sites is 1. The number of aliphatic hydroxyl groups is 1. The summed E-state index contributed by atoms with van der Waals surface area (Å²) in [4.78, 5) is 0. The van der Waals surface area contributed by atoms with E-state index in [2.05, 4.69) is 5.32 Å². The van der Waals surface area contributed by atoms with Gasteiger partial charge in [-0.1, -0.05) is 12.1 Å². The van der Waals surface area contributed by atoms with Gasteiger partial charge in [-0.3, -0.25) is 0 Å². The number of hydrogen-bond donors (Lipinski definition) is 2. The molecule has 4 heteroatoms. The van der Waals surface area contributed by atoms with Crippen LogP contribution in [0.25, 0.3) is 22.3 Å². The number of benzene rings is 2. The van der Waals surface area contributed by atoms with Crippen LogP contribution in [0.1, 0.15) is 13.8 Å². The first-order valence-electron chi connectivity index (χ1n) is 7.17. The lowest BCUT2D eigenvalue weighted by atomic mass is 10.0.